The molecule has 1 unspecified atom stereocenters. The van der Waals surface area contributed by atoms with Gasteiger partial charge < -0.3 is 19.9 Å². The van der Waals surface area contributed by atoms with Crippen LogP contribution in [0.2, 0.25) is 0 Å². The van der Waals surface area contributed by atoms with Crippen molar-refractivity contribution in [1.82, 2.24) is 15.1 Å². The van der Waals surface area contributed by atoms with Gasteiger partial charge in [-0.05, 0) is 38.1 Å². The number of rotatable bonds is 5. The van der Waals surface area contributed by atoms with E-state index in [1.54, 1.807) is 0 Å². The molecule has 0 aromatic heterocycles. The van der Waals surface area contributed by atoms with Crippen LogP contribution in [-0.4, -0.2) is 74.1 Å². The van der Waals surface area contributed by atoms with E-state index in [2.05, 4.69) is 5.32 Å². The Balaban J connectivity index is 0.00000192. The van der Waals surface area contributed by atoms with Crippen molar-refractivity contribution in [2.24, 2.45) is 11.8 Å². The quantitative estimate of drug-likeness (QED) is 0.788. The summed E-state index contributed by atoms with van der Waals surface area (Å²) in [5.74, 6) is 1.09. The molecule has 1 aliphatic carbocycles. The van der Waals surface area contributed by atoms with Gasteiger partial charge in [-0.25, -0.2) is 0 Å². The lowest BCUT2D eigenvalue weighted by Gasteiger charge is -2.36. The van der Waals surface area contributed by atoms with E-state index in [1.165, 1.54) is 12.8 Å². The predicted molar refractivity (Wildman–Crippen MR) is 89.5 cm³/mol. The van der Waals surface area contributed by atoms with Crippen molar-refractivity contribution in [3.63, 3.8) is 0 Å². The average molecular weight is 346 g/mol. The van der Waals surface area contributed by atoms with Gasteiger partial charge in [0.1, 0.15) is 0 Å². The molecule has 2 amide bonds. The van der Waals surface area contributed by atoms with Crippen LogP contribution in [0.3, 0.4) is 0 Å². The number of ether oxygens (including phenoxy) is 1. The summed E-state index contributed by atoms with van der Waals surface area (Å²) in [5, 5.41) is 3.25. The minimum Gasteiger partial charge on any atom is -0.378 e. The number of likely N-dealkylation sites (tertiary alicyclic amines) is 1. The second-order valence-electron chi connectivity index (χ2n) is 6.69. The first-order chi connectivity index (χ1) is 10.7. The van der Waals surface area contributed by atoms with Crippen molar-refractivity contribution in [1.29, 1.82) is 0 Å². The maximum Gasteiger partial charge on any atom is 0.236 e. The maximum atomic E-state index is 12.5. The van der Waals surface area contributed by atoms with Gasteiger partial charge in [0.25, 0.3) is 0 Å². The van der Waals surface area contributed by atoms with Gasteiger partial charge in [0, 0.05) is 26.2 Å². The number of carbonyl (C=O) groups is 2. The number of halogens is 1. The van der Waals surface area contributed by atoms with E-state index in [0.29, 0.717) is 39.4 Å². The van der Waals surface area contributed by atoms with Crippen LogP contribution in [-0.2, 0) is 14.3 Å². The van der Waals surface area contributed by atoms with Crippen LogP contribution in [0.4, 0.5) is 0 Å². The number of hydrogen-bond acceptors (Lipinski definition) is 4. The summed E-state index contributed by atoms with van der Waals surface area (Å²) < 4.78 is 5.30. The van der Waals surface area contributed by atoms with Crippen molar-refractivity contribution in [3.05, 3.63) is 0 Å². The Hall–Kier alpha value is -0.850. The molecule has 132 valence electrons. The Kier molecular flexibility index (Phi) is 7.11. The smallest absolute Gasteiger partial charge is 0.236 e. The second-order valence-corrected chi connectivity index (χ2v) is 6.69. The molecule has 2 aliphatic heterocycles. The average Bonchev–Trinajstić information content (AvgIpc) is 3.39. The molecule has 3 aliphatic rings. The van der Waals surface area contributed by atoms with Gasteiger partial charge in [-0.1, -0.05) is 0 Å². The van der Waals surface area contributed by atoms with Crippen molar-refractivity contribution in [2.75, 3.05) is 52.5 Å². The van der Waals surface area contributed by atoms with E-state index < -0.39 is 0 Å². The van der Waals surface area contributed by atoms with E-state index in [0.717, 1.165) is 31.8 Å². The molecule has 7 heteroatoms. The minimum atomic E-state index is -0.0285. The molecule has 6 nitrogen and oxygen atoms in total. The van der Waals surface area contributed by atoms with Crippen LogP contribution in [0, 0.1) is 11.8 Å². The third-order valence-electron chi connectivity index (χ3n) is 4.85. The van der Waals surface area contributed by atoms with E-state index in [1.807, 2.05) is 9.80 Å². The van der Waals surface area contributed by atoms with Crippen LogP contribution in [0.5, 0.6) is 0 Å². The first-order valence-corrected chi connectivity index (χ1v) is 8.59. The number of nitrogens with one attached hydrogen (secondary N) is 1. The zero-order chi connectivity index (χ0) is 15.4. The van der Waals surface area contributed by atoms with Gasteiger partial charge in [-0.15, -0.1) is 12.4 Å². The molecule has 23 heavy (non-hydrogen) atoms. The minimum absolute atomic E-state index is 0. The molecule has 0 radical (unpaired) electrons. The molecule has 1 atom stereocenters. The van der Waals surface area contributed by atoms with E-state index in [4.69, 9.17) is 4.74 Å². The van der Waals surface area contributed by atoms with Gasteiger partial charge in [0.2, 0.25) is 11.8 Å². The van der Waals surface area contributed by atoms with Crippen molar-refractivity contribution in [3.8, 4) is 0 Å². The highest BCUT2D eigenvalue weighted by atomic mass is 35.5. The highest BCUT2D eigenvalue weighted by Gasteiger charge is 2.31. The van der Waals surface area contributed by atoms with Crippen molar-refractivity contribution in [2.45, 2.75) is 25.7 Å². The van der Waals surface area contributed by atoms with Crippen molar-refractivity contribution < 1.29 is 14.3 Å². The third-order valence-corrected chi connectivity index (χ3v) is 4.85. The van der Waals surface area contributed by atoms with E-state index in [-0.39, 0.29) is 30.1 Å². The third kappa shape index (κ3) is 5.33. The molecular formula is C16H28ClN3O3. The first kappa shape index (κ1) is 18.5. The first-order valence-electron chi connectivity index (χ1n) is 8.59. The van der Waals surface area contributed by atoms with Crippen molar-refractivity contribution >= 4 is 24.2 Å². The molecule has 0 aromatic carbocycles. The standard InChI is InChI=1S/C16H27N3O3.ClH/c20-15(11-17-10-13-3-4-13)19-5-1-2-14(12-19)16(21)18-6-8-22-9-7-18;/h13-14,17H,1-12H2;1H. The van der Waals surface area contributed by atoms with Gasteiger partial charge in [0.05, 0.1) is 25.7 Å². The highest BCUT2D eigenvalue weighted by molar-refractivity contribution is 5.85. The molecule has 0 bridgehead atoms. The maximum absolute atomic E-state index is 12.5. The summed E-state index contributed by atoms with van der Waals surface area (Å²) >= 11 is 0. The molecule has 3 fully saturated rings. The topological polar surface area (TPSA) is 61.9 Å². The molecule has 2 saturated heterocycles. The monoisotopic (exact) mass is 345 g/mol. The lowest BCUT2D eigenvalue weighted by atomic mass is 9.96. The fourth-order valence-corrected chi connectivity index (χ4v) is 3.26. The van der Waals surface area contributed by atoms with Gasteiger partial charge >= 0.3 is 0 Å². The Morgan fingerprint density at radius 3 is 2.48 bits per heavy atom. The number of morpholine rings is 1. The number of hydrogen-bond donors (Lipinski definition) is 1. The van der Waals surface area contributed by atoms with Gasteiger partial charge in [0.15, 0.2) is 0 Å². The SMILES string of the molecule is Cl.O=C(CNCC1CC1)N1CCCC(C(=O)N2CCOCC2)C1. The van der Waals surface area contributed by atoms with Gasteiger partial charge in [-0.3, -0.25) is 9.59 Å². The van der Waals surface area contributed by atoms with Crippen LogP contribution in [0.1, 0.15) is 25.7 Å². The fourth-order valence-electron chi connectivity index (χ4n) is 3.26. The predicted octanol–water partition coefficient (Wildman–Crippen LogP) is 0.505. The van der Waals surface area contributed by atoms with Crippen LogP contribution < -0.4 is 5.32 Å². The summed E-state index contributed by atoms with van der Waals surface area (Å²) in [5.41, 5.74) is 0. The summed E-state index contributed by atoms with van der Waals surface area (Å²) in [6, 6.07) is 0. The highest BCUT2D eigenvalue weighted by Crippen LogP contribution is 2.27. The van der Waals surface area contributed by atoms with Crippen LogP contribution in [0.25, 0.3) is 0 Å². The Bertz CT molecular complexity index is 411. The molecule has 2 heterocycles. The lowest BCUT2D eigenvalue weighted by Crippen LogP contribution is -2.50. The Morgan fingerprint density at radius 1 is 1.04 bits per heavy atom. The zero-order valence-corrected chi connectivity index (χ0v) is 14.5. The molecule has 1 saturated carbocycles. The summed E-state index contributed by atoms with van der Waals surface area (Å²) in [4.78, 5) is 28.6. The molecule has 3 rings (SSSR count). The lowest BCUT2D eigenvalue weighted by molar-refractivity contribution is -0.143. The number of nitrogens with zero attached hydrogens (tertiary/aromatic N) is 2. The molecule has 0 aromatic rings. The number of piperidine rings is 1. The fraction of sp³-hybridized carbons (Fsp3) is 0.875. The molecule has 1 N–H and O–H groups in total. The van der Waals surface area contributed by atoms with E-state index in [9.17, 15) is 9.59 Å². The Labute approximate surface area is 144 Å². The second kappa shape index (κ2) is 8.85. The normalized spacial score (nSPS) is 25.0. The van der Waals surface area contributed by atoms with Gasteiger partial charge in [-0.2, -0.15) is 0 Å². The Morgan fingerprint density at radius 2 is 1.78 bits per heavy atom. The molecular weight excluding hydrogens is 318 g/mol. The zero-order valence-electron chi connectivity index (χ0n) is 13.7. The number of carbonyl (C=O) groups excluding carboxylic acids is 2. The molecule has 0 spiro atoms. The van der Waals surface area contributed by atoms with Crippen LogP contribution >= 0.6 is 12.4 Å². The number of amides is 2. The van der Waals surface area contributed by atoms with E-state index >= 15 is 0 Å². The largest absolute Gasteiger partial charge is 0.378 e. The summed E-state index contributed by atoms with van der Waals surface area (Å²) in [6.07, 6.45) is 4.41. The van der Waals surface area contributed by atoms with Crippen LogP contribution in [0.15, 0.2) is 0 Å². The summed E-state index contributed by atoms with van der Waals surface area (Å²) in [7, 11) is 0. The summed E-state index contributed by atoms with van der Waals surface area (Å²) in [6.45, 7) is 5.37.